The molecule has 0 bridgehead atoms. The number of halogens is 1. The lowest BCUT2D eigenvalue weighted by atomic mass is 10.1. The lowest BCUT2D eigenvalue weighted by Gasteiger charge is -2.07. The topological polar surface area (TPSA) is 59.0 Å². The predicted molar refractivity (Wildman–Crippen MR) is 50.4 cm³/mol. The van der Waals surface area contributed by atoms with Gasteiger partial charge in [-0.3, -0.25) is 0 Å². The average molecular weight is 194 g/mol. The Hall–Kier alpha value is -1.60. The van der Waals surface area contributed by atoms with Crippen LogP contribution in [0.5, 0.6) is 5.75 Å². The van der Waals surface area contributed by atoms with Crippen molar-refractivity contribution in [3.8, 4) is 11.8 Å². The van der Waals surface area contributed by atoms with Crippen molar-refractivity contribution < 1.29 is 9.13 Å². The SMILES string of the molecule is Cc1cc(OCCN)c(F)cc1C#N. The van der Waals surface area contributed by atoms with Crippen molar-refractivity contribution in [2.75, 3.05) is 13.2 Å². The first-order chi connectivity index (χ1) is 6.69. The van der Waals surface area contributed by atoms with E-state index in [-0.39, 0.29) is 12.4 Å². The summed E-state index contributed by atoms with van der Waals surface area (Å²) < 4.78 is 18.3. The number of ether oxygens (including phenoxy) is 1. The van der Waals surface area contributed by atoms with Crippen molar-refractivity contribution in [2.24, 2.45) is 5.73 Å². The summed E-state index contributed by atoms with van der Waals surface area (Å²) >= 11 is 0. The molecule has 74 valence electrons. The Morgan fingerprint density at radius 2 is 2.29 bits per heavy atom. The van der Waals surface area contributed by atoms with E-state index in [2.05, 4.69) is 0 Å². The highest BCUT2D eigenvalue weighted by atomic mass is 19.1. The second-order valence-electron chi connectivity index (χ2n) is 2.85. The normalized spacial score (nSPS) is 9.57. The molecule has 0 aliphatic rings. The zero-order valence-electron chi connectivity index (χ0n) is 7.88. The van der Waals surface area contributed by atoms with Gasteiger partial charge < -0.3 is 10.5 Å². The summed E-state index contributed by atoms with van der Waals surface area (Å²) in [4.78, 5) is 0. The molecule has 0 saturated carbocycles. The zero-order valence-corrected chi connectivity index (χ0v) is 7.88. The van der Waals surface area contributed by atoms with Crippen molar-refractivity contribution in [2.45, 2.75) is 6.92 Å². The molecular weight excluding hydrogens is 183 g/mol. The molecule has 0 aliphatic heterocycles. The third kappa shape index (κ3) is 2.21. The second kappa shape index (κ2) is 4.58. The van der Waals surface area contributed by atoms with Gasteiger partial charge in [0.15, 0.2) is 11.6 Å². The highest BCUT2D eigenvalue weighted by molar-refractivity contribution is 5.42. The molecule has 0 atom stereocenters. The van der Waals surface area contributed by atoms with Crippen molar-refractivity contribution in [3.05, 3.63) is 29.1 Å². The Balaban J connectivity index is 2.98. The van der Waals surface area contributed by atoms with Crippen LogP contribution in [0.2, 0.25) is 0 Å². The fraction of sp³-hybridized carbons (Fsp3) is 0.300. The summed E-state index contributed by atoms with van der Waals surface area (Å²) in [7, 11) is 0. The number of nitrogens with two attached hydrogens (primary N) is 1. The van der Waals surface area contributed by atoms with Crippen LogP contribution in [0.1, 0.15) is 11.1 Å². The van der Waals surface area contributed by atoms with E-state index in [1.807, 2.05) is 6.07 Å². The quantitative estimate of drug-likeness (QED) is 0.789. The lowest BCUT2D eigenvalue weighted by molar-refractivity contribution is 0.311. The number of benzene rings is 1. The molecule has 0 heterocycles. The molecule has 4 heteroatoms. The zero-order chi connectivity index (χ0) is 10.6. The van der Waals surface area contributed by atoms with Crippen LogP contribution in [0.4, 0.5) is 4.39 Å². The monoisotopic (exact) mass is 194 g/mol. The van der Waals surface area contributed by atoms with Gasteiger partial charge in [-0.05, 0) is 24.6 Å². The Kier molecular flexibility index (Phi) is 3.43. The van der Waals surface area contributed by atoms with Crippen LogP contribution in [0.3, 0.4) is 0 Å². The molecule has 1 rings (SSSR count). The largest absolute Gasteiger partial charge is 0.489 e. The fourth-order valence-corrected chi connectivity index (χ4v) is 1.05. The first-order valence-electron chi connectivity index (χ1n) is 4.22. The van der Waals surface area contributed by atoms with E-state index >= 15 is 0 Å². The average Bonchev–Trinajstić information content (AvgIpc) is 2.18. The minimum absolute atomic E-state index is 0.145. The molecule has 0 unspecified atom stereocenters. The summed E-state index contributed by atoms with van der Waals surface area (Å²) in [6, 6.07) is 4.57. The number of hydrogen-bond donors (Lipinski definition) is 1. The second-order valence-corrected chi connectivity index (χ2v) is 2.85. The Morgan fingerprint density at radius 1 is 1.57 bits per heavy atom. The van der Waals surface area contributed by atoms with Gasteiger partial charge in [-0.25, -0.2) is 4.39 Å². The van der Waals surface area contributed by atoms with Crippen LogP contribution in [0.25, 0.3) is 0 Å². The van der Waals surface area contributed by atoms with Gasteiger partial charge in [-0.2, -0.15) is 5.26 Å². The van der Waals surface area contributed by atoms with Crippen molar-refractivity contribution in [1.82, 2.24) is 0 Å². The minimum Gasteiger partial charge on any atom is -0.489 e. The molecule has 0 radical (unpaired) electrons. The molecule has 2 N–H and O–H groups in total. The van der Waals surface area contributed by atoms with Gasteiger partial charge in [-0.1, -0.05) is 0 Å². The van der Waals surface area contributed by atoms with Gasteiger partial charge in [-0.15, -0.1) is 0 Å². The Bertz CT molecular complexity index is 371. The number of aryl methyl sites for hydroxylation is 1. The minimum atomic E-state index is -0.527. The summed E-state index contributed by atoms with van der Waals surface area (Å²) in [5.74, 6) is -0.382. The molecule has 0 aliphatic carbocycles. The number of rotatable bonds is 3. The van der Waals surface area contributed by atoms with Crippen molar-refractivity contribution >= 4 is 0 Å². The lowest BCUT2D eigenvalue weighted by Crippen LogP contribution is -2.11. The van der Waals surface area contributed by atoms with Crippen molar-refractivity contribution in [1.29, 1.82) is 5.26 Å². The summed E-state index contributed by atoms with van der Waals surface area (Å²) in [5.41, 5.74) is 6.24. The molecule has 0 aromatic heterocycles. The molecule has 3 nitrogen and oxygen atoms in total. The van der Waals surface area contributed by atoms with E-state index < -0.39 is 5.82 Å². The maximum atomic E-state index is 13.2. The number of nitrogens with zero attached hydrogens (tertiary/aromatic N) is 1. The molecule has 1 aromatic carbocycles. The van der Waals surface area contributed by atoms with E-state index in [4.69, 9.17) is 15.7 Å². The van der Waals surface area contributed by atoms with Crippen LogP contribution in [0.15, 0.2) is 12.1 Å². The molecule has 0 fully saturated rings. The highest BCUT2D eigenvalue weighted by Crippen LogP contribution is 2.21. The van der Waals surface area contributed by atoms with Crippen LogP contribution in [-0.4, -0.2) is 13.2 Å². The molecular formula is C10H11FN2O. The first-order valence-corrected chi connectivity index (χ1v) is 4.22. The molecule has 0 spiro atoms. The molecule has 1 aromatic rings. The Morgan fingerprint density at radius 3 is 2.86 bits per heavy atom. The standard InChI is InChI=1S/C10H11FN2O/c1-7-4-10(14-3-2-12)9(11)5-8(7)6-13/h4-5H,2-3,12H2,1H3. The van der Waals surface area contributed by atoms with Gasteiger partial charge in [0.25, 0.3) is 0 Å². The summed E-state index contributed by atoms with van der Waals surface area (Å²) in [6.07, 6.45) is 0. The third-order valence-electron chi connectivity index (χ3n) is 1.77. The number of hydrogen-bond acceptors (Lipinski definition) is 3. The molecule has 14 heavy (non-hydrogen) atoms. The third-order valence-corrected chi connectivity index (χ3v) is 1.77. The van der Waals surface area contributed by atoms with E-state index in [0.717, 1.165) is 0 Å². The maximum Gasteiger partial charge on any atom is 0.166 e. The van der Waals surface area contributed by atoms with Crippen LogP contribution >= 0.6 is 0 Å². The predicted octanol–water partition coefficient (Wildman–Crippen LogP) is 1.34. The first kappa shape index (κ1) is 10.5. The van der Waals surface area contributed by atoms with Crippen LogP contribution in [0, 0.1) is 24.1 Å². The van der Waals surface area contributed by atoms with Gasteiger partial charge >= 0.3 is 0 Å². The van der Waals surface area contributed by atoms with Gasteiger partial charge in [0.05, 0.1) is 11.6 Å². The van der Waals surface area contributed by atoms with Gasteiger partial charge in [0.2, 0.25) is 0 Å². The van der Waals surface area contributed by atoms with E-state index in [1.165, 1.54) is 12.1 Å². The van der Waals surface area contributed by atoms with E-state index in [9.17, 15) is 4.39 Å². The number of nitriles is 1. The van der Waals surface area contributed by atoms with Crippen LogP contribution in [-0.2, 0) is 0 Å². The molecule has 0 saturated heterocycles. The summed E-state index contributed by atoms with van der Waals surface area (Å²) in [6.45, 7) is 2.33. The van der Waals surface area contributed by atoms with E-state index in [0.29, 0.717) is 17.7 Å². The maximum absolute atomic E-state index is 13.2. The van der Waals surface area contributed by atoms with Gasteiger partial charge in [0, 0.05) is 6.54 Å². The highest BCUT2D eigenvalue weighted by Gasteiger charge is 2.07. The molecule has 0 amide bonds. The smallest absolute Gasteiger partial charge is 0.166 e. The van der Waals surface area contributed by atoms with Crippen LogP contribution < -0.4 is 10.5 Å². The Labute approximate surface area is 81.9 Å². The van der Waals surface area contributed by atoms with Gasteiger partial charge in [0.1, 0.15) is 6.61 Å². The van der Waals surface area contributed by atoms with Crippen molar-refractivity contribution in [3.63, 3.8) is 0 Å². The summed E-state index contributed by atoms with van der Waals surface area (Å²) in [5, 5.41) is 8.63. The van der Waals surface area contributed by atoms with E-state index in [1.54, 1.807) is 6.92 Å². The fourth-order valence-electron chi connectivity index (χ4n) is 1.05.